The number of carbonyl (C=O) groups is 2. The minimum Gasteiger partial charge on any atom is -0.460 e. The van der Waals surface area contributed by atoms with Gasteiger partial charge in [0.25, 0.3) is 0 Å². The summed E-state index contributed by atoms with van der Waals surface area (Å²) in [6.07, 6.45) is 2.10. The average Bonchev–Trinajstić information content (AvgIpc) is 2.64. The van der Waals surface area contributed by atoms with Gasteiger partial charge < -0.3 is 14.8 Å². The van der Waals surface area contributed by atoms with E-state index in [-0.39, 0.29) is 12.4 Å². The molecule has 6 heteroatoms. The summed E-state index contributed by atoms with van der Waals surface area (Å²) < 4.78 is 10.7. The maximum absolute atomic E-state index is 12.9. The molecule has 0 spiro atoms. The molecule has 5 nitrogen and oxygen atoms in total. The van der Waals surface area contributed by atoms with Gasteiger partial charge in [0.2, 0.25) is 0 Å². The fourth-order valence-electron chi connectivity index (χ4n) is 3.69. The van der Waals surface area contributed by atoms with E-state index in [2.05, 4.69) is 5.32 Å². The first-order valence-electron chi connectivity index (χ1n) is 9.27. The smallest absolute Gasteiger partial charge is 0.336 e. The van der Waals surface area contributed by atoms with E-state index in [0.717, 1.165) is 29.8 Å². The van der Waals surface area contributed by atoms with Crippen LogP contribution in [0.5, 0.6) is 0 Å². The average molecular weight is 390 g/mol. The maximum Gasteiger partial charge on any atom is 0.336 e. The highest BCUT2D eigenvalue weighted by atomic mass is 35.5. The molecule has 0 aromatic heterocycles. The third-order valence-electron chi connectivity index (χ3n) is 4.84. The number of hydrogen-bond donors (Lipinski definition) is 1. The molecular weight excluding hydrogens is 366 g/mol. The molecule has 0 saturated carbocycles. The Bertz CT molecular complexity index is 812. The Hall–Kier alpha value is -2.11. The number of halogens is 1. The second-order valence-electron chi connectivity index (χ2n) is 6.65. The lowest BCUT2D eigenvalue weighted by molar-refractivity contribution is -0.140. The summed E-state index contributed by atoms with van der Waals surface area (Å²) in [6.45, 7) is 4.82. The van der Waals surface area contributed by atoms with Gasteiger partial charge in [-0.15, -0.1) is 0 Å². The molecule has 1 aromatic carbocycles. The highest BCUT2D eigenvalue weighted by Crippen LogP contribution is 2.42. The SMILES string of the molecule is CCOCCOC(=O)C1=C(C)NC2=C(C(=O)CCC2)C1c1cccc(Cl)c1. The number of carbonyl (C=O) groups excluding carboxylic acids is 2. The lowest BCUT2D eigenvalue weighted by atomic mass is 9.75. The van der Waals surface area contributed by atoms with Crippen LogP contribution in [0.15, 0.2) is 46.8 Å². The quantitative estimate of drug-likeness (QED) is 0.590. The zero-order valence-electron chi connectivity index (χ0n) is 15.6. The number of allylic oxidation sites excluding steroid dienone is 3. The summed E-state index contributed by atoms with van der Waals surface area (Å²) >= 11 is 6.19. The molecule has 1 aromatic rings. The topological polar surface area (TPSA) is 64.6 Å². The van der Waals surface area contributed by atoms with Crippen molar-refractivity contribution in [1.82, 2.24) is 5.32 Å². The first-order valence-corrected chi connectivity index (χ1v) is 9.65. The fraction of sp³-hybridized carbons (Fsp3) is 0.429. The van der Waals surface area contributed by atoms with E-state index in [1.165, 1.54) is 0 Å². The molecule has 1 aliphatic carbocycles. The van der Waals surface area contributed by atoms with Crippen LogP contribution in [0.3, 0.4) is 0 Å². The standard InChI is InChI=1S/C21H24ClNO4/c1-3-26-10-11-27-21(25)18-13(2)23-16-8-5-9-17(24)20(16)19(18)14-6-4-7-15(22)12-14/h4,6-7,12,19,23H,3,5,8-11H2,1-2H3. The van der Waals surface area contributed by atoms with Crippen LogP contribution in [0.4, 0.5) is 0 Å². The molecule has 3 rings (SSSR count). The summed E-state index contributed by atoms with van der Waals surface area (Å²) in [6, 6.07) is 7.32. The molecule has 1 unspecified atom stereocenters. The van der Waals surface area contributed by atoms with Crippen LogP contribution in [-0.2, 0) is 19.1 Å². The first kappa shape index (κ1) is 19.6. The number of hydrogen-bond acceptors (Lipinski definition) is 5. The van der Waals surface area contributed by atoms with Crippen LogP contribution in [0, 0.1) is 0 Å². The molecule has 0 fully saturated rings. The van der Waals surface area contributed by atoms with Gasteiger partial charge >= 0.3 is 5.97 Å². The Morgan fingerprint density at radius 2 is 2.11 bits per heavy atom. The number of esters is 1. The van der Waals surface area contributed by atoms with E-state index in [9.17, 15) is 9.59 Å². The molecule has 0 radical (unpaired) electrons. The lowest BCUT2D eigenvalue weighted by Crippen LogP contribution is -2.34. The molecule has 0 bridgehead atoms. The molecule has 1 atom stereocenters. The summed E-state index contributed by atoms with van der Waals surface area (Å²) in [5.74, 6) is -0.831. The molecule has 2 aliphatic rings. The van der Waals surface area contributed by atoms with Gasteiger partial charge in [-0.2, -0.15) is 0 Å². The van der Waals surface area contributed by atoms with Gasteiger partial charge in [-0.05, 0) is 44.4 Å². The molecule has 27 heavy (non-hydrogen) atoms. The predicted octanol–water partition coefficient (Wildman–Crippen LogP) is 3.89. The fourth-order valence-corrected chi connectivity index (χ4v) is 3.89. The van der Waals surface area contributed by atoms with Crippen molar-refractivity contribution in [3.63, 3.8) is 0 Å². The second kappa shape index (κ2) is 8.72. The number of ketones is 1. The molecule has 144 valence electrons. The van der Waals surface area contributed by atoms with Crippen LogP contribution in [0.25, 0.3) is 0 Å². The van der Waals surface area contributed by atoms with E-state index in [1.807, 2.05) is 32.0 Å². The van der Waals surface area contributed by atoms with Crippen molar-refractivity contribution in [3.8, 4) is 0 Å². The van der Waals surface area contributed by atoms with Crippen molar-refractivity contribution in [3.05, 3.63) is 57.4 Å². The van der Waals surface area contributed by atoms with Crippen molar-refractivity contribution in [2.45, 2.75) is 39.0 Å². The van der Waals surface area contributed by atoms with Crippen molar-refractivity contribution in [2.75, 3.05) is 19.8 Å². The van der Waals surface area contributed by atoms with E-state index in [1.54, 1.807) is 6.07 Å². The second-order valence-corrected chi connectivity index (χ2v) is 7.09. The number of benzene rings is 1. The van der Waals surface area contributed by atoms with E-state index in [4.69, 9.17) is 21.1 Å². The zero-order chi connectivity index (χ0) is 19.4. The molecule has 0 amide bonds. The Kier molecular flexibility index (Phi) is 6.34. The maximum atomic E-state index is 12.9. The van der Waals surface area contributed by atoms with Crippen LogP contribution in [-0.4, -0.2) is 31.6 Å². The number of ether oxygens (including phenoxy) is 2. The van der Waals surface area contributed by atoms with Crippen molar-refractivity contribution in [2.24, 2.45) is 0 Å². The third-order valence-corrected chi connectivity index (χ3v) is 5.08. The zero-order valence-corrected chi connectivity index (χ0v) is 16.4. The summed E-state index contributed by atoms with van der Waals surface area (Å²) in [7, 11) is 0. The largest absolute Gasteiger partial charge is 0.460 e. The predicted molar refractivity (Wildman–Crippen MR) is 103 cm³/mol. The Labute approximate surface area is 164 Å². The Morgan fingerprint density at radius 1 is 1.30 bits per heavy atom. The van der Waals surface area contributed by atoms with Gasteiger partial charge in [-0.1, -0.05) is 23.7 Å². The van der Waals surface area contributed by atoms with Gasteiger partial charge in [-0.25, -0.2) is 4.79 Å². The highest BCUT2D eigenvalue weighted by Gasteiger charge is 2.39. The number of dihydropyridines is 1. The van der Waals surface area contributed by atoms with E-state index < -0.39 is 11.9 Å². The van der Waals surface area contributed by atoms with Crippen LogP contribution < -0.4 is 5.32 Å². The minimum atomic E-state index is -0.465. The lowest BCUT2D eigenvalue weighted by Gasteiger charge is -2.34. The van der Waals surface area contributed by atoms with Gasteiger partial charge in [0.1, 0.15) is 6.61 Å². The number of rotatable bonds is 6. The molecule has 0 saturated heterocycles. The minimum absolute atomic E-state index is 0.0702. The van der Waals surface area contributed by atoms with Crippen molar-refractivity contribution >= 4 is 23.4 Å². The van der Waals surface area contributed by atoms with Crippen molar-refractivity contribution in [1.29, 1.82) is 0 Å². The highest BCUT2D eigenvalue weighted by molar-refractivity contribution is 6.30. The molecule has 1 N–H and O–H groups in total. The normalized spacial score (nSPS) is 19.7. The third kappa shape index (κ3) is 4.25. The first-order chi connectivity index (χ1) is 13.0. The molecule has 1 heterocycles. The molecular formula is C21H24ClNO4. The van der Waals surface area contributed by atoms with Crippen LogP contribution in [0.1, 0.15) is 44.6 Å². The van der Waals surface area contributed by atoms with Crippen molar-refractivity contribution < 1.29 is 19.1 Å². The number of nitrogens with one attached hydrogen (secondary N) is 1. The monoisotopic (exact) mass is 389 g/mol. The van der Waals surface area contributed by atoms with Gasteiger partial charge in [0.05, 0.1) is 12.2 Å². The summed E-state index contributed by atoms with van der Waals surface area (Å²) in [5.41, 5.74) is 3.56. The van der Waals surface area contributed by atoms with Crippen LogP contribution >= 0.6 is 11.6 Å². The Balaban J connectivity index is 1.99. The Morgan fingerprint density at radius 3 is 2.85 bits per heavy atom. The van der Waals surface area contributed by atoms with E-state index >= 15 is 0 Å². The number of Topliss-reactive ketones (excluding diaryl/α,β-unsaturated/α-hetero) is 1. The van der Waals surface area contributed by atoms with Gasteiger partial charge in [-0.3, -0.25) is 4.79 Å². The molecule has 1 aliphatic heterocycles. The summed E-state index contributed by atoms with van der Waals surface area (Å²) in [4.78, 5) is 25.6. The van der Waals surface area contributed by atoms with Gasteiger partial charge in [0.15, 0.2) is 5.78 Å². The van der Waals surface area contributed by atoms with E-state index in [0.29, 0.717) is 35.8 Å². The summed E-state index contributed by atoms with van der Waals surface area (Å²) in [5, 5.41) is 3.84. The van der Waals surface area contributed by atoms with Crippen LogP contribution in [0.2, 0.25) is 5.02 Å². The van der Waals surface area contributed by atoms with Gasteiger partial charge in [0, 0.05) is 40.9 Å².